The highest BCUT2D eigenvalue weighted by molar-refractivity contribution is 8.18. The Morgan fingerprint density at radius 2 is 1.84 bits per heavy atom. The number of imide groups is 1. The summed E-state index contributed by atoms with van der Waals surface area (Å²) in [7, 11) is 0. The van der Waals surface area contributed by atoms with E-state index in [1.54, 1.807) is 6.20 Å². The number of fused-ring (bicyclic) bond motifs is 1. The first-order valence-corrected chi connectivity index (χ1v) is 12.3. The zero-order chi connectivity index (χ0) is 21.9. The van der Waals surface area contributed by atoms with Crippen molar-refractivity contribution in [3.8, 4) is 5.75 Å². The lowest BCUT2D eigenvalue weighted by atomic mass is 10.1. The Hall–Kier alpha value is -2.28. The number of pyridine rings is 1. The summed E-state index contributed by atoms with van der Waals surface area (Å²) >= 11 is 1.08. The standard InChI is InChI=1S/C24H33N3O3S/c1-2-3-4-5-6-7-8-9-14-21-23(28)27(24(29)31-21)17-10-11-19-30-20-13-12-16-26-18-15-25-22(20)26/h12-16,18H,2-11,17,19H2,1H3/b21-14+. The number of rotatable bonds is 14. The summed E-state index contributed by atoms with van der Waals surface area (Å²) in [6.45, 7) is 3.19. The topological polar surface area (TPSA) is 63.9 Å². The molecule has 1 saturated heterocycles. The van der Waals surface area contributed by atoms with Gasteiger partial charge < -0.3 is 9.14 Å². The minimum atomic E-state index is -0.154. The molecule has 0 bridgehead atoms. The Balaban J connectivity index is 1.33. The molecule has 168 valence electrons. The minimum absolute atomic E-state index is 0.138. The Kier molecular flexibility index (Phi) is 9.46. The third kappa shape index (κ3) is 6.86. The molecule has 2 aromatic rings. The van der Waals surface area contributed by atoms with Gasteiger partial charge in [0.15, 0.2) is 11.4 Å². The summed E-state index contributed by atoms with van der Waals surface area (Å²) in [6, 6.07) is 3.82. The summed E-state index contributed by atoms with van der Waals surface area (Å²) in [6.07, 6.45) is 18.6. The summed E-state index contributed by atoms with van der Waals surface area (Å²) in [5.41, 5.74) is 0.791. The lowest BCUT2D eigenvalue weighted by molar-refractivity contribution is -0.122. The number of carbonyl (C=O) groups is 2. The van der Waals surface area contributed by atoms with Crippen LogP contribution in [0.15, 0.2) is 41.7 Å². The van der Waals surface area contributed by atoms with E-state index in [9.17, 15) is 9.59 Å². The quantitative estimate of drug-likeness (QED) is 0.256. The molecule has 6 nitrogen and oxygen atoms in total. The Morgan fingerprint density at radius 3 is 2.68 bits per heavy atom. The fraction of sp³-hybridized carbons (Fsp3) is 0.542. The fourth-order valence-electron chi connectivity index (χ4n) is 3.65. The van der Waals surface area contributed by atoms with Crippen molar-refractivity contribution in [1.29, 1.82) is 0 Å². The van der Waals surface area contributed by atoms with Gasteiger partial charge in [-0.2, -0.15) is 0 Å². The van der Waals surface area contributed by atoms with Gasteiger partial charge in [0.05, 0.1) is 11.5 Å². The van der Waals surface area contributed by atoms with E-state index in [0.717, 1.165) is 48.8 Å². The summed E-state index contributed by atoms with van der Waals surface area (Å²) in [5, 5.41) is -0.154. The van der Waals surface area contributed by atoms with Gasteiger partial charge in [-0.05, 0) is 49.6 Å². The van der Waals surface area contributed by atoms with Gasteiger partial charge in [-0.15, -0.1) is 0 Å². The van der Waals surface area contributed by atoms with Gasteiger partial charge in [0.1, 0.15) is 0 Å². The van der Waals surface area contributed by atoms with Gasteiger partial charge in [0, 0.05) is 25.1 Å². The zero-order valence-electron chi connectivity index (χ0n) is 18.4. The predicted octanol–water partition coefficient (Wildman–Crippen LogP) is 6.21. The lowest BCUT2D eigenvalue weighted by Gasteiger charge is -2.12. The molecule has 2 amide bonds. The minimum Gasteiger partial charge on any atom is -0.490 e. The Bertz CT molecular complexity index is 893. The molecule has 1 fully saturated rings. The fourth-order valence-corrected chi connectivity index (χ4v) is 4.52. The van der Waals surface area contributed by atoms with Crippen LogP contribution in [0, 0.1) is 0 Å². The predicted molar refractivity (Wildman–Crippen MR) is 125 cm³/mol. The first kappa shape index (κ1) is 23.4. The molecule has 0 N–H and O–H groups in total. The van der Waals surface area contributed by atoms with Crippen LogP contribution in [-0.4, -0.2) is 38.6 Å². The maximum atomic E-state index is 12.5. The summed E-state index contributed by atoms with van der Waals surface area (Å²) < 4.78 is 7.75. The number of hydrogen-bond acceptors (Lipinski definition) is 5. The average Bonchev–Trinajstić information content (AvgIpc) is 3.35. The Labute approximate surface area is 189 Å². The molecule has 7 heteroatoms. The van der Waals surface area contributed by atoms with Gasteiger partial charge in [-0.1, -0.05) is 51.5 Å². The summed E-state index contributed by atoms with van der Waals surface area (Å²) in [5.74, 6) is 0.605. The second-order valence-electron chi connectivity index (χ2n) is 7.89. The smallest absolute Gasteiger partial charge is 0.293 e. The number of ether oxygens (including phenoxy) is 1. The van der Waals surface area contributed by atoms with Crippen molar-refractivity contribution in [2.24, 2.45) is 0 Å². The van der Waals surface area contributed by atoms with E-state index in [0.29, 0.717) is 18.1 Å². The van der Waals surface area contributed by atoms with E-state index in [1.807, 2.05) is 35.0 Å². The number of allylic oxidation sites excluding steroid dienone is 1. The van der Waals surface area contributed by atoms with Gasteiger partial charge >= 0.3 is 0 Å². The van der Waals surface area contributed by atoms with Crippen molar-refractivity contribution in [3.05, 3.63) is 41.7 Å². The molecule has 0 saturated carbocycles. The van der Waals surface area contributed by atoms with Crippen LogP contribution < -0.4 is 4.74 Å². The van der Waals surface area contributed by atoms with Crippen LogP contribution in [0.2, 0.25) is 0 Å². The van der Waals surface area contributed by atoms with E-state index in [2.05, 4.69) is 11.9 Å². The van der Waals surface area contributed by atoms with E-state index in [-0.39, 0.29) is 11.1 Å². The first-order chi connectivity index (χ1) is 15.2. The monoisotopic (exact) mass is 443 g/mol. The van der Waals surface area contributed by atoms with Crippen LogP contribution in [0.3, 0.4) is 0 Å². The van der Waals surface area contributed by atoms with E-state index >= 15 is 0 Å². The number of unbranched alkanes of at least 4 members (excludes halogenated alkanes) is 8. The Morgan fingerprint density at radius 1 is 1.03 bits per heavy atom. The van der Waals surface area contributed by atoms with Crippen LogP contribution in [0.5, 0.6) is 5.75 Å². The number of nitrogens with zero attached hydrogens (tertiary/aromatic N) is 3. The number of hydrogen-bond donors (Lipinski definition) is 0. The average molecular weight is 444 g/mol. The normalized spacial score (nSPS) is 15.5. The molecular formula is C24H33N3O3S. The van der Waals surface area contributed by atoms with Gasteiger partial charge in [-0.25, -0.2) is 4.98 Å². The van der Waals surface area contributed by atoms with E-state index in [1.165, 1.54) is 43.4 Å². The molecule has 0 radical (unpaired) electrons. The molecular weight excluding hydrogens is 410 g/mol. The molecule has 0 atom stereocenters. The molecule has 3 rings (SSSR count). The van der Waals surface area contributed by atoms with Crippen LogP contribution in [0.4, 0.5) is 4.79 Å². The molecule has 31 heavy (non-hydrogen) atoms. The highest BCUT2D eigenvalue weighted by atomic mass is 32.2. The highest BCUT2D eigenvalue weighted by Gasteiger charge is 2.34. The summed E-state index contributed by atoms with van der Waals surface area (Å²) in [4.78, 5) is 31.0. The third-order valence-corrected chi connectivity index (χ3v) is 6.38. The van der Waals surface area contributed by atoms with Crippen molar-refractivity contribution in [2.75, 3.05) is 13.2 Å². The van der Waals surface area contributed by atoms with Crippen molar-refractivity contribution >= 4 is 28.6 Å². The van der Waals surface area contributed by atoms with Gasteiger partial charge in [-0.3, -0.25) is 14.5 Å². The SMILES string of the molecule is CCCCCCCCC/C=C1/SC(=O)N(CCCCOc2cccn3ccnc23)C1=O. The molecule has 2 aromatic heterocycles. The molecule has 0 unspecified atom stereocenters. The molecule has 0 aliphatic carbocycles. The van der Waals surface area contributed by atoms with Crippen LogP contribution in [0.1, 0.15) is 71.1 Å². The molecule has 1 aliphatic rings. The number of carbonyl (C=O) groups excluding carboxylic acids is 2. The van der Waals surface area contributed by atoms with Crippen molar-refractivity contribution in [3.63, 3.8) is 0 Å². The highest BCUT2D eigenvalue weighted by Crippen LogP contribution is 2.31. The van der Waals surface area contributed by atoms with Crippen LogP contribution in [-0.2, 0) is 4.79 Å². The number of amides is 2. The van der Waals surface area contributed by atoms with Crippen molar-refractivity contribution in [2.45, 2.75) is 71.1 Å². The van der Waals surface area contributed by atoms with Crippen LogP contribution in [0.25, 0.3) is 5.65 Å². The van der Waals surface area contributed by atoms with Crippen molar-refractivity contribution < 1.29 is 14.3 Å². The number of thioether (sulfide) groups is 1. The number of imidazole rings is 1. The second kappa shape index (κ2) is 12.5. The molecule has 0 spiro atoms. The molecule has 0 aromatic carbocycles. The van der Waals surface area contributed by atoms with Gasteiger partial charge in [0.25, 0.3) is 11.1 Å². The van der Waals surface area contributed by atoms with E-state index < -0.39 is 0 Å². The van der Waals surface area contributed by atoms with Gasteiger partial charge in [0.2, 0.25) is 0 Å². The van der Waals surface area contributed by atoms with Crippen LogP contribution >= 0.6 is 11.8 Å². The lowest BCUT2D eigenvalue weighted by Crippen LogP contribution is -2.29. The largest absolute Gasteiger partial charge is 0.490 e. The van der Waals surface area contributed by atoms with E-state index in [4.69, 9.17) is 4.74 Å². The second-order valence-corrected chi connectivity index (χ2v) is 8.88. The first-order valence-electron chi connectivity index (χ1n) is 11.5. The molecule has 3 heterocycles. The van der Waals surface area contributed by atoms with Crippen molar-refractivity contribution in [1.82, 2.24) is 14.3 Å². The number of aromatic nitrogens is 2. The zero-order valence-corrected chi connectivity index (χ0v) is 19.2. The molecule has 1 aliphatic heterocycles. The maximum Gasteiger partial charge on any atom is 0.293 e. The maximum absolute atomic E-state index is 12.5. The third-order valence-electron chi connectivity index (χ3n) is 5.43.